The van der Waals surface area contributed by atoms with Crippen LogP contribution in [0.5, 0.6) is 0 Å². The summed E-state index contributed by atoms with van der Waals surface area (Å²) in [6.07, 6.45) is 4.19. The molecular formula is C10H11Br. The Labute approximate surface area is 76.1 Å². The molecule has 1 aromatic carbocycles. The Balaban J connectivity index is 2.73. The van der Waals surface area contributed by atoms with Crippen molar-refractivity contribution in [3.05, 3.63) is 41.5 Å². The molecule has 0 fully saturated rings. The Morgan fingerprint density at radius 3 is 2.45 bits per heavy atom. The Hall–Kier alpha value is -0.560. The number of alkyl halides is 1. The van der Waals surface area contributed by atoms with Crippen molar-refractivity contribution < 1.29 is 0 Å². The molecule has 1 rings (SSSR count). The topological polar surface area (TPSA) is 0 Å². The quantitative estimate of drug-likeness (QED) is 0.657. The Bertz CT molecular complexity index is 234. The van der Waals surface area contributed by atoms with Gasteiger partial charge in [-0.05, 0) is 12.5 Å². The maximum absolute atomic E-state index is 3.33. The first-order valence-electron chi connectivity index (χ1n) is 3.62. The highest BCUT2D eigenvalue weighted by molar-refractivity contribution is 9.09. The van der Waals surface area contributed by atoms with E-state index in [4.69, 9.17) is 0 Å². The fraction of sp³-hybridized carbons (Fsp3) is 0.200. The largest absolute Gasteiger partial charge is 0.0883 e. The number of hydrogen-bond acceptors (Lipinski definition) is 0. The van der Waals surface area contributed by atoms with Crippen LogP contribution in [0.25, 0.3) is 6.08 Å². The fourth-order valence-electron chi connectivity index (χ4n) is 0.858. The summed E-state index contributed by atoms with van der Waals surface area (Å²) >= 11 is 3.33. The molecule has 58 valence electrons. The monoisotopic (exact) mass is 210 g/mol. The van der Waals surface area contributed by atoms with E-state index in [0.717, 1.165) is 5.33 Å². The minimum atomic E-state index is 0.918. The summed E-state index contributed by atoms with van der Waals surface area (Å²) in [6.45, 7) is 2.10. The summed E-state index contributed by atoms with van der Waals surface area (Å²) in [7, 11) is 0. The van der Waals surface area contributed by atoms with Crippen LogP contribution in [-0.4, -0.2) is 5.33 Å². The maximum Gasteiger partial charge on any atom is 0.0215 e. The zero-order valence-electron chi connectivity index (χ0n) is 6.55. The molecule has 0 aromatic heterocycles. The molecule has 0 aliphatic heterocycles. The SMILES string of the molecule is Cc1ccc(C=CCBr)cc1. The first-order valence-corrected chi connectivity index (χ1v) is 4.74. The Morgan fingerprint density at radius 2 is 1.91 bits per heavy atom. The molecule has 0 unspecified atom stereocenters. The van der Waals surface area contributed by atoms with Crippen molar-refractivity contribution in [2.45, 2.75) is 6.92 Å². The van der Waals surface area contributed by atoms with Crippen molar-refractivity contribution in [2.75, 3.05) is 5.33 Å². The van der Waals surface area contributed by atoms with Crippen molar-refractivity contribution in [1.82, 2.24) is 0 Å². The van der Waals surface area contributed by atoms with E-state index in [1.54, 1.807) is 0 Å². The van der Waals surface area contributed by atoms with Gasteiger partial charge in [0.15, 0.2) is 0 Å². The van der Waals surface area contributed by atoms with Crippen molar-refractivity contribution in [2.24, 2.45) is 0 Å². The van der Waals surface area contributed by atoms with E-state index in [1.165, 1.54) is 11.1 Å². The summed E-state index contributed by atoms with van der Waals surface area (Å²) in [5.41, 5.74) is 2.57. The number of rotatable bonds is 2. The van der Waals surface area contributed by atoms with E-state index >= 15 is 0 Å². The molecule has 1 aromatic rings. The van der Waals surface area contributed by atoms with Gasteiger partial charge in [-0.25, -0.2) is 0 Å². The second-order valence-electron chi connectivity index (χ2n) is 2.47. The lowest BCUT2D eigenvalue weighted by Gasteiger charge is -1.92. The van der Waals surface area contributed by atoms with Crippen LogP contribution in [0.3, 0.4) is 0 Å². The van der Waals surface area contributed by atoms with Gasteiger partial charge >= 0.3 is 0 Å². The lowest BCUT2D eigenvalue weighted by Crippen LogP contribution is -1.73. The molecule has 0 amide bonds. The Kier molecular flexibility index (Phi) is 3.37. The molecule has 0 heterocycles. The van der Waals surface area contributed by atoms with Crippen LogP contribution in [0, 0.1) is 6.92 Å². The van der Waals surface area contributed by atoms with Gasteiger partial charge in [0.25, 0.3) is 0 Å². The number of benzene rings is 1. The van der Waals surface area contributed by atoms with Gasteiger partial charge in [-0.3, -0.25) is 0 Å². The van der Waals surface area contributed by atoms with Crippen LogP contribution in [-0.2, 0) is 0 Å². The van der Waals surface area contributed by atoms with Gasteiger partial charge in [-0.2, -0.15) is 0 Å². The van der Waals surface area contributed by atoms with E-state index in [2.05, 4.69) is 59.3 Å². The number of hydrogen-bond donors (Lipinski definition) is 0. The molecule has 1 heteroatoms. The zero-order chi connectivity index (χ0) is 8.10. The van der Waals surface area contributed by atoms with Gasteiger partial charge in [-0.1, -0.05) is 57.9 Å². The third kappa shape index (κ3) is 2.89. The van der Waals surface area contributed by atoms with E-state index in [-0.39, 0.29) is 0 Å². The molecule has 0 bridgehead atoms. The molecule has 0 radical (unpaired) electrons. The second kappa shape index (κ2) is 4.35. The summed E-state index contributed by atoms with van der Waals surface area (Å²) in [5.74, 6) is 0. The number of halogens is 1. The van der Waals surface area contributed by atoms with Crippen LogP contribution in [0.1, 0.15) is 11.1 Å². The predicted molar refractivity (Wildman–Crippen MR) is 54.0 cm³/mol. The third-order valence-electron chi connectivity index (χ3n) is 1.48. The van der Waals surface area contributed by atoms with Gasteiger partial charge in [-0.15, -0.1) is 0 Å². The first-order chi connectivity index (χ1) is 5.33. The van der Waals surface area contributed by atoms with E-state index < -0.39 is 0 Å². The summed E-state index contributed by atoms with van der Waals surface area (Å²) in [5, 5.41) is 0.918. The fourth-order valence-corrected chi connectivity index (χ4v) is 1.05. The zero-order valence-corrected chi connectivity index (χ0v) is 8.14. The van der Waals surface area contributed by atoms with Crippen LogP contribution < -0.4 is 0 Å². The van der Waals surface area contributed by atoms with Gasteiger partial charge in [0.1, 0.15) is 0 Å². The maximum atomic E-state index is 3.33. The molecule has 0 N–H and O–H groups in total. The van der Waals surface area contributed by atoms with Crippen LogP contribution in [0.4, 0.5) is 0 Å². The lowest BCUT2D eigenvalue weighted by atomic mass is 10.1. The Morgan fingerprint density at radius 1 is 1.27 bits per heavy atom. The molecule has 0 atom stereocenters. The predicted octanol–water partition coefficient (Wildman–Crippen LogP) is 3.40. The molecule has 0 saturated carbocycles. The molecule has 0 aliphatic rings. The van der Waals surface area contributed by atoms with Crippen molar-refractivity contribution >= 4 is 22.0 Å². The number of aryl methyl sites for hydroxylation is 1. The molecule has 0 aliphatic carbocycles. The molecule has 0 spiro atoms. The van der Waals surface area contributed by atoms with Crippen LogP contribution in [0.15, 0.2) is 30.3 Å². The number of allylic oxidation sites excluding steroid dienone is 1. The normalized spacial score (nSPS) is 10.7. The summed E-state index contributed by atoms with van der Waals surface area (Å²) in [6, 6.07) is 8.48. The van der Waals surface area contributed by atoms with Crippen LogP contribution >= 0.6 is 15.9 Å². The molecular weight excluding hydrogens is 200 g/mol. The van der Waals surface area contributed by atoms with Gasteiger partial charge < -0.3 is 0 Å². The molecule has 11 heavy (non-hydrogen) atoms. The average molecular weight is 211 g/mol. The molecule has 0 nitrogen and oxygen atoms in total. The molecule has 0 saturated heterocycles. The van der Waals surface area contributed by atoms with Crippen LogP contribution in [0.2, 0.25) is 0 Å². The standard InChI is InChI=1S/C10H11Br/c1-9-4-6-10(7-5-9)3-2-8-11/h2-7H,8H2,1H3. The third-order valence-corrected chi connectivity index (χ3v) is 1.85. The first kappa shape index (κ1) is 8.54. The van der Waals surface area contributed by atoms with Gasteiger partial charge in [0.05, 0.1) is 0 Å². The minimum absolute atomic E-state index is 0.918. The van der Waals surface area contributed by atoms with E-state index in [0.29, 0.717) is 0 Å². The highest BCUT2D eigenvalue weighted by Gasteiger charge is 1.84. The van der Waals surface area contributed by atoms with Crippen molar-refractivity contribution in [3.8, 4) is 0 Å². The summed E-state index contributed by atoms with van der Waals surface area (Å²) in [4.78, 5) is 0. The second-order valence-corrected chi connectivity index (χ2v) is 3.11. The van der Waals surface area contributed by atoms with Crippen molar-refractivity contribution in [3.63, 3.8) is 0 Å². The average Bonchev–Trinajstić information content (AvgIpc) is 2.04. The van der Waals surface area contributed by atoms with Gasteiger partial charge in [0, 0.05) is 5.33 Å². The van der Waals surface area contributed by atoms with Gasteiger partial charge in [0.2, 0.25) is 0 Å². The van der Waals surface area contributed by atoms with E-state index in [9.17, 15) is 0 Å². The highest BCUT2D eigenvalue weighted by atomic mass is 79.9. The van der Waals surface area contributed by atoms with E-state index in [1.807, 2.05) is 0 Å². The van der Waals surface area contributed by atoms with Crippen molar-refractivity contribution in [1.29, 1.82) is 0 Å². The smallest absolute Gasteiger partial charge is 0.0215 e. The minimum Gasteiger partial charge on any atom is -0.0883 e. The summed E-state index contributed by atoms with van der Waals surface area (Å²) < 4.78 is 0. The lowest BCUT2D eigenvalue weighted by molar-refractivity contribution is 1.46. The highest BCUT2D eigenvalue weighted by Crippen LogP contribution is 2.04.